The number of nitrogens with zero attached hydrogens (tertiary/aromatic N) is 2. The fourth-order valence-corrected chi connectivity index (χ4v) is 4.78. The first kappa shape index (κ1) is 24.3. The lowest BCUT2D eigenvalue weighted by Gasteiger charge is -2.38. The van der Waals surface area contributed by atoms with Crippen LogP contribution >= 0.6 is 0 Å². The van der Waals surface area contributed by atoms with Crippen molar-refractivity contribution in [3.05, 3.63) is 76.3 Å². The van der Waals surface area contributed by atoms with Crippen molar-refractivity contribution >= 4 is 11.1 Å². The Morgan fingerprint density at radius 2 is 1.75 bits per heavy atom. The van der Waals surface area contributed by atoms with E-state index >= 15 is 0 Å². The lowest BCUT2D eigenvalue weighted by molar-refractivity contribution is -0.141. The maximum Gasteiger partial charge on any atom is 0.406 e. The normalized spacial score (nSPS) is 15.2. The highest BCUT2D eigenvalue weighted by molar-refractivity contribution is 6.00. The fourth-order valence-electron chi connectivity index (χ4n) is 4.78. The summed E-state index contributed by atoms with van der Waals surface area (Å²) in [4.78, 5) is 17.9. The molecule has 1 aliphatic rings. The van der Waals surface area contributed by atoms with E-state index in [0.29, 0.717) is 27.0 Å². The van der Waals surface area contributed by atoms with Crippen LogP contribution in [0.1, 0.15) is 37.1 Å². The van der Waals surface area contributed by atoms with Crippen molar-refractivity contribution in [2.75, 3.05) is 6.61 Å². The third-order valence-corrected chi connectivity index (χ3v) is 6.82. The average molecular weight is 498 g/mol. The van der Waals surface area contributed by atoms with E-state index in [4.69, 9.17) is 10.2 Å². The number of hydrogen-bond donors (Lipinski definition) is 2. The lowest BCUT2D eigenvalue weighted by atomic mass is 9.72. The molecule has 1 fully saturated rings. The summed E-state index contributed by atoms with van der Waals surface area (Å²) >= 11 is 0. The van der Waals surface area contributed by atoms with E-state index in [1.165, 1.54) is 0 Å². The number of rotatable bonds is 7. The number of furan rings is 1. The molecule has 0 spiro atoms. The smallest absolute Gasteiger partial charge is 0.406 e. The third-order valence-electron chi connectivity index (χ3n) is 6.82. The van der Waals surface area contributed by atoms with E-state index in [0.717, 1.165) is 24.8 Å². The maximum atomic E-state index is 13.5. The van der Waals surface area contributed by atoms with Crippen molar-refractivity contribution < 1.29 is 22.7 Å². The van der Waals surface area contributed by atoms with Crippen molar-refractivity contribution in [1.29, 1.82) is 0 Å². The molecule has 0 saturated heterocycles. The molecular weight excluding hydrogens is 471 g/mol. The summed E-state index contributed by atoms with van der Waals surface area (Å²) in [6.45, 7) is -1.72. The monoisotopic (exact) mass is 497 g/mol. The molecule has 5 rings (SSSR count). The van der Waals surface area contributed by atoms with Crippen LogP contribution < -0.4 is 11.3 Å². The van der Waals surface area contributed by atoms with Crippen LogP contribution in [0.4, 0.5) is 13.2 Å². The van der Waals surface area contributed by atoms with Gasteiger partial charge >= 0.3 is 6.18 Å². The zero-order valence-electron chi connectivity index (χ0n) is 19.5. The van der Waals surface area contributed by atoms with Crippen molar-refractivity contribution in [3.8, 4) is 22.5 Å². The van der Waals surface area contributed by atoms with Gasteiger partial charge in [0.2, 0.25) is 5.71 Å². The summed E-state index contributed by atoms with van der Waals surface area (Å²) in [5.74, 6) is 0.272. The summed E-state index contributed by atoms with van der Waals surface area (Å²) in [6.07, 6.45) is -1.56. The minimum atomic E-state index is -4.62. The van der Waals surface area contributed by atoms with E-state index in [1.54, 1.807) is 24.3 Å². The standard InChI is InChI=1S/C27H26F3N3O3/c28-27(29,30)16-33-20(8-4-15-34)32-24-22(25(33)35)21(17-6-2-1-3-7-17)23(36-24)18-9-11-19(12-10-18)26(31)13-5-14-26/h1-3,6-7,9-12,34H,4-5,8,13-16,31H2. The van der Waals surface area contributed by atoms with Crippen LogP contribution in [0.25, 0.3) is 33.6 Å². The predicted molar refractivity (Wildman–Crippen MR) is 130 cm³/mol. The number of benzene rings is 2. The molecule has 2 heterocycles. The molecule has 4 aromatic rings. The van der Waals surface area contributed by atoms with Gasteiger partial charge in [-0.15, -0.1) is 0 Å². The number of aliphatic hydroxyl groups is 1. The molecule has 3 N–H and O–H groups in total. The highest BCUT2D eigenvalue weighted by atomic mass is 19.4. The molecule has 0 amide bonds. The van der Waals surface area contributed by atoms with Crippen LogP contribution in [0, 0.1) is 0 Å². The van der Waals surface area contributed by atoms with Crippen molar-refractivity contribution in [1.82, 2.24) is 9.55 Å². The van der Waals surface area contributed by atoms with Gasteiger partial charge < -0.3 is 15.3 Å². The molecule has 0 unspecified atom stereocenters. The topological polar surface area (TPSA) is 94.3 Å². The summed E-state index contributed by atoms with van der Waals surface area (Å²) < 4.78 is 47.0. The molecule has 6 nitrogen and oxygen atoms in total. The Hall–Kier alpha value is -3.43. The average Bonchev–Trinajstić information content (AvgIpc) is 3.23. The molecule has 0 aliphatic heterocycles. The highest BCUT2D eigenvalue weighted by Crippen LogP contribution is 2.42. The molecule has 9 heteroatoms. The molecule has 1 aliphatic carbocycles. The first-order valence-electron chi connectivity index (χ1n) is 11.9. The second-order valence-electron chi connectivity index (χ2n) is 9.30. The number of fused-ring (bicyclic) bond motifs is 1. The molecule has 0 bridgehead atoms. The second-order valence-corrected chi connectivity index (χ2v) is 9.30. The molecule has 2 aromatic carbocycles. The summed E-state index contributed by atoms with van der Waals surface area (Å²) in [5, 5.41) is 9.20. The van der Waals surface area contributed by atoms with Gasteiger partial charge in [0.15, 0.2) is 0 Å². The van der Waals surface area contributed by atoms with Gasteiger partial charge in [-0.1, -0.05) is 54.6 Å². The Morgan fingerprint density at radius 1 is 1.06 bits per heavy atom. The number of nitrogens with two attached hydrogens (primary N) is 1. The molecular formula is C27H26F3N3O3. The number of aryl methyl sites for hydroxylation is 1. The van der Waals surface area contributed by atoms with Gasteiger partial charge in [0.25, 0.3) is 5.56 Å². The first-order valence-corrected chi connectivity index (χ1v) is 11.9. The minimum absolute atomic E-state index is 0.00173. The zero-order valence-corrected chi connectivity index (χ0v) is 19.5. The molecule has 2 aromatic heterocycles. The Morgan fingerprint density at radius 3 is 2.33 bits per heavy atom. The van der Waals surface area contributed by atoms with Crippen LogP contribution in [0.15, 0.2) is 63.8 Å². The molecule has 36 heavy (non-hydrogen) atoms. The van der Waals surface area contributed by atoms with Crippen LogP contribution in [0.5, 0.6) is 0 Å². The summed E-state index contributed by atoms with van der Waals surface area (Å²) in [6, 6.07) is 16.5. The Balaban J connectivity index is 1.74. The summed E-state index contributed by atoms with van der Waals surface area (Å²) in [5.41, 5.74) is 7.95. The number of aliphatic hydroxyl groups excluding tert-OH is 1. The number of hydrogen-bond acceptors (Lipinski definition) is 5. The van der Waals surface area contributed by atoms with Crippen molar-refractivity contribution in [2.24, 2.45) is 5.73 Å². The summed E-state index contributed by atoms with van der Waals surface area (Å²) in [7, 11) is 0. The van der Waals surface area contributed by atoms with E-state index in [1.807, 2.05) is 30.3 Å². The maximum absolute atomic E-state index is 13.5. The lowest BCUT2D eigenvalue weighted by Crippen LogP contribution is -2.43. The largest absolute Gasteiger partial charge is 0.437 e. The zero-order chi connectivity index (χ0) is 25.5. The van der Waals surface area contributed by atoms with Crippen LogP contribution in [0.3, 0.4) is 0 Å². The number of aromatic nitrogens is 2. The van der Waals surface area contributed by atoms with E-state index < -0.39 is 18.3 Å². The van der Waals surface area contributed by atoms with Gasteiger partial charge in [-0.3, -0.25) is 9.36 Å². The predicted octanol–water partition coefficient (Wildman–Crippen LogP) is 5.15. The molecule has 0 radical (unpaired) electrons. The minimum Gasteiger partial charge on any atom is -0.437 e. The SMILES string of the molecule is NC1(c2ccc(-c3oc4nc(CCCO)n(CC(F)(F)F)c(=O)c4c3-c3ccccc3)cc2)CCC1. The van der Waals surface area contributed by atoms with Crippen molar-refractivity contribution in [2.45, 2.75) is 50.4 Å². The quantitative estimate of drug-likeness (QED) is 0.368. The molecule has 188 valence electrons. The van der Waals surface area contributed by atoms with Crippen LogP contribution in [-0.4, -0.2) is 27.4 Å². The van der Waals surface area contributed by atoms with Gasteiger partial charge in [0, 0.05) is 29.7 Å². The van der Waals surface area contributed by atoms with Crippen LogP contribution in [-0.2, 0) is 18.5 Å². The van der Waals surface area contributed by atoms with Crippen LogP contribution in [0.2, 0.25) is 0 Å². The van der Waals surface area contributed by atoms with Crippen molar-refractivity contribution in [3.63, 3.8) is 0 Å². The van der Waals surface area contributed by atoms with Gasteiger partial charge in [-0.25, -0.2) is 0 Å². The van der Waals surface area contributed by atoms with E-state index in [-0.39, 0.29) is 41.9 Å². The Bertz CT molecular complexity index is 1440. The second kappa shape index (κ2) is 9.22. The van der Waals surface area contributed by atoms with Gasteiger partial charge in [-0.05, 0) is 36.8 Å². The van der Waals surface area contributed by atoms with E-state index in [9.17, 15) is 23.1 Å². The van der Waals surface area contributed by atoms with Gasteiger partial charge in [0.05, 0.1) is 0 Å². The third kappa shape index (κ3) is 4.44. The number of halogens is 3. The highest BCUT2D eigenvalue weighted by Gasteiger charge is 2.35. The Labute approximate surface area is 205 Å². The Kier molecular flexibility index (Phi) is 6.22. The molecule has 1 saturated carbocycles. The van der Waals surface area contributed by atoms with E-state index in [2.05, 4.69) is 4.98 Å². The fraction of sp³-hybridized carbons (Fsp3) is 0.333. The molecule has 0 atom stereocenters. The first-order chi connectivity index (χ1) is 17.2. The number of alkyl halides is 3. The van der Waals surface area contributed by atoms with Gasteiger partial charge in [0.1, 0.15) is 23.5 Å². The van der Waals surface area contributed by atoms with Gasteiger partial charge in [-0.2, -0.15) is 18.2 Å².